The number of halogens is 6. The van der Waals surface area contributed by atoms with E-state index in [0.717, 1.165) is 5.10 Å². The average Bonchev–Trinajstić information content (AvgIpc) is 2.63. The number of hydrogen-bond acceptors (Lipinski definition) is 5. The Balaban J connectivity index is 3.24. The minimum absolute atomic E-state index is 1.07. The predicted octanol–water partition coefficient (Wildman–Crippen LogP) is 0.686. The van der Waals surface area contributed by atoms with Gasteiger partial charge in [-0.15, -0.1) is 5.10 Å². The van der Waals surface area contributed by atoms with Gasteiger partial charge in [0.1, 0.15) is 0 Å². The molecule has 0 aromatic carbocycles. The molecule has 0 radical (unpaired) electrons. The number of nitrogens with zero attached hydrogens (tertiary/aromatic N) is 2. The van der Waals surface area contributed by atoms with E-state index in [4.69, 9.17) is 0 Å². The molecule has 0 saturated heterocycles. The topological polar surface area (TPSA) is 92.8 Å². The minimum Gasteiger partial charge on any atom is -0.271 e. The summed E-state index contributed by atoms with van der Waals surface area (Å²) in [6, 6.07) is 0. The molecule has 1 aromatic heterocycles. The number of aromatic amines is 1. The van der Waals surface area contributed by atoms with Crippen LogP contribution >= 0.6 is 0 Å². The smallest absolute Gasteiger partial charge is 0.271 e. The van der Waals surface area contributed by atoms with Crippen LogP contribution in [0.3, 0.4) is 0 Å². The van der Waals surface area contributed by atoms with Crippen molar-refractivity contribution in [3.8, 4) is 0 Å². The molecule has 0 unspecified atom stereocenters. The molecule has 0 aliphatic heterocycles. The van der Waals surface area contributed by atoms with Gasteiger partial charge in [0.25, 0.3) is 15.0 Å². The lowest BCUT2D eigenvalue weighted by Crippen LogP contribution is -2.31. The number of rotatable bonds is 1. The highest BCUT2D eigenvalue weighted by Gasteiger charge is 2.50. The molecule has 1 aromatic rings. The fourth-order valence-electron chi connectivity index (χ4n) is 0.729. The van der Waals surface area contributed by atoms with Crippen molar-refractivity contribution in [2.24, 2.45) is 0 Å². The van der Waals surface area contributed by atoms with E-state index in [9.17, 15) is 39.6 Å². The number of H-pyrrole nitrogens is 1. The van der Waals surface area contributed by atoms with Gasteiger partial charge in [-0.3, -0.25) is 9.89 Å². The van der Waals surface area contributed by atoms with Crippen LogP contribution in [0, 0.1) is 0 Å². The number of nitrogens with one attached hydrogen (secondary N) is 1. The molecule has 0 saturated carbocycles. The maximum Gasteiger partial charge on any atom is 0.466 e. The molecule has 6 nitrogen and oxygen atoms in total. The number of carbonyl (C=O) groups is 1. The van der Waals surface area contributed by atoms with Crippen LogP contribution in [0.15, 0.2) is 5.16 Å². The Kier molecular flexibility index (Phi) is 3.14. The van der Waals surface area contributed by atoms with E-state index >= 15 is 0 Å². The molecule has 1 heterocycles. The van der Waals surface area contributed by atoms with Gasteiger partial charge in [0.2, 0.25) is 5.82 Å². The van der Waals surface area contributed by atoms with Crippen LogP contribution in [0.5, 0.6) is 0 Å². The number of carbonyl (C=O) groups excluding carboxylic acids is 1. The summed E-state index contributed by atoms with van der Waals surface area (Å²) in [6.07, 6.45) is -10.9. The van der Waals surface area contributed by atoms with Crippen molar-refractivity contribution in [3.05, 3.63) is 5.82 Å². The van der Waals surface area contributed by atoms with Gasteiger partial charge in [0.15, 0.2) is 0 Å². The van der Waals surface area contributed by atoms with Crippen molar-refractivity contribution >= 4 is 15.0 Å². The van der Waals surface area contributed by atoms with Crippen LogP contribution in [0.2, 0.25) is 0 Å². The van der Waals surface area contributed by atoms with Crippen molar-refractivity contribution in [1.29, 1.82) is 0 Å². The number of hydrogen-bond donors (Lipinski definition) is 1. The van der Waals surface area contributed by atoms with Crippen molar-refractivity contribution in [3.63, 3.8) is 0 Å². The van der Waals surface area contributed by atoms with Gasteiger partial charge in [-0.25, -0.2) is 8.42 Å². The van der Waals surface area contributed by atoms with Gasteiger partial charge in [-0.1, -0.05) is 0 Å². The van der Waals surface area contributed by atoms with Gasteiger partial charge in [-0.2, -0.15) is 31.3 Å². The number of sulfone groups is 1. The second-order valence-electron chi connectivity index (χ2n) is 2.75. The van der Waals surface area contributed by atoms with Crippen LogP contribution in [-0.2, 0) is 20.8 Å². The van der Waals surface area contributed by atoms with E-state index in [1.807, 2.05) is 0 Å². The van der Waals surface area contributed by atoms with Gasteiger partial charge in [0, 0.05) is 0 Å². The highest BCUT2D eigenvalue weighted by atomic mass is 32.2. The molecule has 0 amide bonds. The highest BCUT2D eigenvalue weighted by Crippen LogP contribution is 2.28. The van der Waals surface area contributed by atoms with Crippen molar-refractivity contribution in [2.75, 3.05) is 0 Å². The standard InChI is InChI=1S/C5HF6N3O3S/c6-4(7,8)1-12-3(14-13-1)18(16,17)2(15)5(9,10)11/h(H,12,13,14). The first-order chi connectivity index (χ1) is 7.87. The Bertz CT molecular complexity index is 570. The zero-order chi connectivity index (χ0) is 14.4. The normalized spacial score (nSPS) is 13.7. The third-order valence-corrected chi connectivity index (χ3v) is 2.83. The molecule has 1 rings (SSSR count). The van der Waals surface area contributed by atoms with E-state index in [1.165, 1.54) is 0 Å². The highest BCUT2D eigenvalue weighted by molar-refractivity contribution is 8.06. The SMILES string of the molecule is O=C(C(F)(F)F)S(=O)(=O)c1n[nH]c(C(F)(F)F)n1. The zero-order valence-electron chi connectivity index (χ0n) is 7.80. The molecule has 1 N–H and O–H groups in total. The lowest BCUT2D eigenvalue weighted by molar-refractivity contribution is -0.161. The summed E-state index contributed by atoms with van der Waals surface area (Å²) in [6.45, 7) is 0. The summed E-state index contributed by atoms with van der Waals surface area (Å²) in [7, 11) is -5.75. The summed E-state index contributed by atoms with van der Waals surface area (Å²) < 4.78 is 93.4. The van der Waals surface area contributed by atoms with E-state index in [0.29, 0.717) is 0 Å². The van der Waals surface area contributed by atoms with Gasteiger partial charge in [-0.05, 0) is 0 Å². The summed E-state index contributed by atoms with van der Waals surface area (Å²) in [5.74, 6) is -1.93. The summed E-state index contributed by atoms with van der Waals surface area (Å²) >= 11 is 0. The lowest BCUT2D eigenvalue weighted by atomic mass is 10.6. The summed E-state index contributed by atoms with van der Waals surface area (Å²) in [5, 5.41) is -1.64. The van der Waals surface area contributed by atoms with Gasteiger partial charge >= 0.3 is 17.5 Å². The molecular formula is C5HF6N3O3S. The maximum atomic E-state index is 12.0. The fourth-order valence-corrected chi connectivity index (χ4v) is 1.58. The Morgan fingerprint density at radius 3 is 1.94 bits per heavy atom. The van der Waals surface area contributed by atoms with Crippen LogP contribution in [0.1, 0.15) is 5.82 Å². The van der Waals surface area contributed by atoms with Crippen molar-refractivity contribution in [1.82, 2.24) is 15.2 Å². The van der Waals surface area contributed by atoms with E-state index in [2.05, 4.69) is 10.1 Å². The third-order valence-electron chi connectivity index (χ3n) is 1.45. The Morgan fingerprint density at radius 1 is 1.11 bits per heavy atom. The number of alkyl halides is 6. The van der Waals surface area contributed by atoms with E-state index in [1.54, 1.807) is 0 Å². The first kappa shape index (κ1) is 14.4. The second kappa shape index (κ2) is 3.93. The molecule has 0 fully saturated rings. The van der Waals surface area contributed by atoms with Crippen LogP contribution < -0.4 is 0 Å². The maximum absolute atomic E-state index is 12.0. The zero-order valence-corrected chi connectivity index (χ0v) is 8.61. The van der Waals surface area contributed by atoms with Gasteiger partial charge < -0.3 is 0 Å². The van der Waals surface area contributed by atoms with Crippen LogP contribution in [0.25, 0.3) is 0 Å². The molecule has 102 valence electrons. The molecule has 0 aliphatic rings. The molecular weight excluding hydrogens is 296 g/mol. The molecule has 0 atom stereocenters. The third kappa shape index (κ3) is 2.60. The Morgan fingerprint density at radius 2 is 1.61 bits per heavy atom. The predicted molar refractivity (Wildman–Crippen MR) is 39.6 cm³/mol. The second-order valence-corrected chi connectivity index (χ2v) is 4.50. The molecule has 0 aliphatic carbocycles. The molecule has 13 heteroatoms. The Labute approximate surface area is 93.9 Å². The lowest BCUT2D eigenvalue weighted by Gasteiger charge is -2.02. The van der Waals surface area contributed by atoms with Crippen LogP contribution in [0.4, 0.5) is 26.3 Å². The van der Waals surface area contributed by atoms with Crippen molar-refractivity contribution in [2.45, 2.75) is 17.5 Å². The summed E-state index contributed by atoms with van der Waals surface area (Å²) in [4.78, 5) is 12.7. The van der Waals surface area contributed by atoms with Crippen molar-refractivity contribution < 1.29 is 39.6 Å². The van der Waals surface area contributed by atoms with E-state index in [-0.39, 0.29) is 0 Å². The van der Waals surface area contributed by atoms with Gasteiger partial charge in [0.05, 0.1) is 0 Å². The average molecular weight is 297 g/mol. The number of aromatic nitrogens is 3. The minimum atomic E-state index is -5.77. The first-order valence-electron chi connectivity index (χ1n) is 3.72. The Hall–Kier alpha value is -1.66. The molecule has 18 heavy (non-hydrogen) atoms. The quantitative estimate of drug-likeness (QED) is 0.770. The van der Waals surface area contributed by atoms with Crippen LogP contribution in [-0.4, -0.2) is 34.9 Å². The van der Waals surface area contributed by atoms with E-state index < -0.39 is 38.3 Å². The fraction of sp³-hybridized carbons (Fsp3) is 0.400. The molecule has 0 spiro atoms. The monoisotopic (exact) mass is 297 g/mol. The summed E-state index contributed by atoms with van der Waals surface area (Å²) in [5.41, 5.74) is 0. The largest absolute Gasteiger partial charge is 0.466 e. The first-order valence-corrected chi connectivity index (χ1v) is 5.21. The molecule has 0 bridgehead atoms.